The lowest BCUT2D eigenvalue weighted by Crippen LogP contribution is -2.37. The van der Waals surface area contributed by atoms with E-state index in [1.54, 1.807) is 0 Å². The molecular weight excluding hydrogens is 361 g/mol. The summed E-state index contributed by atoms with van der Waals surface area (Å²) < 4.78 is 45.1. The van der Waals surface area contributed by atoms with Crippen LogP contribution in [0, 0.1) is 6.92 Å². The fourth-order valence-electron chi connectivity index (χ4n) is 2.45. The summed E-state index contributed by atoms with van der Waals surface area (Å²) in [7, 11) is 0. The summed E-state index contributed by atoms with van der Waals surface area (Å²) >= 11 is 0.893. The molecule has 136 valence electrons. The molecule has 1 unspecified atom stereocenters. The van der Waals surface area contributed by atoms with Crippen molar-refractivity contribution in [2.45, 2.75) is 19.2 Å². The standard InChI is InChI=1S/C14H15F3N4O3S/c1-8-4-11(14(15,16)17)21(19-8)13-18-10(7-25-13)12(23)20-2-3-24-6-9(22)5-20/h4,7,9,22H,2-3,5-6H2,1H3. The van der Waals surface area contributed by atoms with Crippen molar-refractivity contribution in [1.82, 2.24) is 19.7 Å². The van der Waals surface area contributed by atoms with Gasteiger partial charge in [-0.15, -0.1) is 11.3 Å². The number of halogens is 3. The van der Waals surface area contributed by atoms with Crippen LogP contribution < -0.4 is 0 Å². The Bertz CT molecular complexity index is 774. The molecule has 1 aliphatic heterocycles. The number of aryl methyl sites for hydroxylation is 1. The minimum atomic E-state index is -4.58. The van der Waals surface area contributed by atoms with Crippen LogP contribution in [0.15, 0.2) is 11.4 Å². The summed E-state index contributed by atoms with van der Waals surface area (Å²) in [5.41, 5.74) is -0.740. The third-order valence-electron chi connectivity index (χ3n) is 3.55. The summed E-state index contributed by atoms with van der Waals surface area (Å²) in [6, 6.07) is 0.922. The molecule has 11 heteroatoms. The summed E-state index contributed by atoms with van der Waals surface area (Å²) in [6.07, 6.45) is -5.39. The first kappa shape index (κ1) is 17.8. The van der Waals surface area contributed by atoms with E-state index in [-0.39, 0.29) is 42.8 Å². The third-order valence-corrected chi connectivity index (χ3v) is 4.36. The number of nitrogens with zero attached hydrogens (tertiary/aromatic N) is 4. The van der Waals surface area contributed by atoms with E-state index in [2.05, 4.69) is 10.1 Å². The SMILES string of the molecule is Cc1cc(C(F)(F)F)n(-c2nc(C(=O)N3CCOCC(O)C3)cs2)n1. The molecule has 1 atom stereocenters. The van der Waals surface area contributed by atoms with Crippen LogP contribution in [0.25, 0.3) is 5.13 Å². The van der Waals surface area contributed by atoms with Gasteiger partial charge in [0.15, 0.2) is 5.69 Å². The fraction of sp³-hybridized carbons (Fsp3) is 0.500. The van der Waals surface area contributed by atoms with Crippen molar-refractivity contribution >= 4 is 17.2 Å². The Morgan fingerprint density at radius 1 is 1.48 bits per heavy atom. The van der Waals surface area contributed by atoms with Gasteiger partial charge in [0.2, 0.25) is 5.13 Å². The van der Waals surface area contributed by atoms with Crippen LogP contribution in [0.3, 0.4) is 0 Å². The number of aliphatic hydroxyl groups excluding tert-OH is 1. The summed E-state index contributed by atoms with van der Waals surface area (Å²) in [6.45, 7) is 2.21. The van der Waals surface area contributed by atoms with Crippen molar-refractivity contribution in [3.63, 3.8) is 0 Å². The van der Waals surface area contributed by atoms with Crippen molar-refractivity contribution < 1.29 is 27.8 Å². The Balaban J connectivity index is 1.87. The first-order valence-electron chi connectivity index (χ1n) is 7.40. The highest BCUT2D eigenvalue weighted by Crippen LogP contribution is 2.32. The second-order valence-electron chi connectivity index (χ2n) is 5.58. The van der Waals surface area contributed by atoms with Crippen molar-refractivity contribution in [3.05, 3.63) is 28.5 Å². The molecule has 3 heterocycles. The Morgan fingerprint density at radius 2 is 2.24 bits per heavy atom. The first-order chi connectivity index (χ1) is 11.8. The summed E-state index contributed by atoms with van der Waals surface area (Å²) in [5, 5.41) is 14.8. The monoisotopic (exact) mass is 376 g/mol. The van der Waals surface area contributed by atoms with Gasteiger partial charge in [-0.25, -0.2) is 9.67 Å². The van der Waals surface area contributed by atoms with Gasteiger partial charge in [0.25, 0.3) is 5.91 Å². The molecule has 0 radical (unpaired) electrons. The topological polar surface area (TPSA) is 80.5 Å². The zero-order valence-electron chi connectivity index (χ0n) is 13.2. The van der Waals surface area contributed by atoms with Crippen LogP contribution in [-0.4, -0.2) is 63.1 Å². The quantitative estimate of drug-likeness (QED) is 0.859. The Morgan fingerprint density at radius 3 is 2.96 bits per heavy atom. The highest BCUT2D eigenvalue weighted by atomic mass is 32.1. The predicted molar refractivity (Wildman–Crippen MR) is 81.7 cm³/mol. The van der Waals surface area contributed by atoms with Crippen molar-refractivity contribution in [2.24, 2.45) is 0 Å². The van der Waals surface area contributed by atoms with Crippen molar-refractivity contribution in [3.8, 4) is 5.13 Å². The summed E-state index contributed by atoms with van der Waals surface area (Å²) in [5.74, 6) is -0.468. The van der Waals surface area contributed by atoms with E-state index in [1.165, 1.54) is 17.2 Å². The van der Waals surface area contributed by atoms with Gasteiger partial charge in [0.05, 0.1) is 25.0 Å². The number of amides is 1. The van der Waals surface area contributed by atoms with E-state index >= 15 is 0 Å². The fourth-order valence-corrected chi connectivity index (χ4v) is 3.21. The average molecular weight is 376 g/mol. The molecular formula is C14H15F3N4O3S. The number of hydrogen-bond acceptors (Lipinski definition) is 6. The number of alkyl halides is 3. The average Bonchev–Trinajstić information content (AvgIpc) is 3.10. The molecule has 2 aromatic heterocycles. The van der Waals surface area contributed by atoms with Gasteiger partial charge in [-0.05, 0) is 13.0 Å². The van der Waals surface area contributed by atoms with E-state index in [4.69, 9.17) is 4.74 Å². The number of thiazole rings is 1. The Hall–Kier alpha value is -1.98. The lowest BCUT2D eigenvalue weighted by molar-refractivity contribution is -0.142. The molecule has 0 spiro atoms. The van der Waals surface area contributed by atoms with Crippen LogP contribution in [-0.2, 0) is 10.9 Å². The molecule has 2 aromatic rings. The second kappa shape index (κ2) is 6.73. The van der Waals surface area contributed by atoms with Crippen LogP contribution in [0.1, 0.15) is 21.9 Å². The van der Waals surface area contributed by atoms with E-state index in [1.807, 2.05) is 0 Å². The predicted octanol–water partition coefficient (Wildman–Crippen LogP) is 1.49. The third kappa shape index (κ3) is 3.83. The van der Waals surface area contributed by atoms with Gasteiger partial charge in [0, 0.05) is 18.5 Å². The molecule has 1 N–H and O–H groups in total. The maximum Gasteiger partial charge on any atom is 0.433 e. The Kier molecular flexibility index (Phi) is 4.80. The van der Waals surface area contributed by atoms with Crippen molar-refractivity contribution in [1.29, 1.82) is 0 Å². The molecule has 25 heavy (non-hydrogen) atoms. The number of hydrogen-bond donors (Lipinski definition) is 1. The number of rotatable bonds is 2. The first-order valence-corrected chi connectivity index (χ1v) is 8.28. The van der Waals surface area contributed by atoms with Crippen LogP contribution in [0.5, 0.6) is 0 Å². The summed E-state index contributed by atoms with van der Waals surface area (Å²) in [4.78, 5) is 17.9. The van der Waals surface area contributed by atoms with E-state index in [0.29, 0.717) is 4.68 Å². The number of ether oxygens (including phenoxy) is 1. The smallest absolute Gasteiger partial charge is 0.389 e. The van der Waals surface area contributed by atoms with Gasteiger partial charge in [-0.3, -0.25) is 4.79 Å². The second-order valence-corrected chi connectivity index (χ2v) is 6.41. The molecule has 1 saturated heterocycles. The van der Waals surface area contributed by atoms with Gasteiger partial charge >= 0.3 is 6.18 Å². The molecule has 7 nitrogen and oxygen atoms in total. The lowest BCUT2D eigenvalue weighted by atomic mass is 10.3. The number of carbonyl (C=O) groups is 1. The zero-order chi connectivity index (χ0) is 18.2. The minimum absolute atomic E-state index is 0.00961. The van der Waals surface area contributed by atoms with Crippen molar-refractivity contribution in [2.75, 3.05) is 26.3 Å². The molecule has 1 fully saturated rings. The van der Waals surface area contributed by atoms with Gasteiger partial charge in [-0.2, -0.15) is 18.3 Å². The minimum Gasteiger partial charge on any atom is -0.389 e. The highest BCUT2D eigenvalue weighted by molar-refractivity contribution is 7.12. The van der Waals surface area contributed by atoms with Gasteiger partial charge in [-0.1, -0.05) is 0 Å². The van der Waals surface area contributed by atoms with Crippen LogP contribution in [0.2, 0.25) is 0 Å². The maximum atomic E-state index is 13.1. The molecule has 0 aromatic carbocycles. The normalized spacial score (nSPS) is 19.1. The van der Waals surface area contributed by atoms with Crippen LogP contribution in [0.4, 0.5) is 13.2 Å². The maximum absolute atomic E-state index is 13.1. The van der Waals surface area contributed by atoms with E-state index in [0.717, 1.165) is 17.4 Å². The number of aromatic nitrogens is 3. The molecule has 0 aliphatic carbocycles. The van der Waals surface area contributed by atoms with E-state index in [9.17, 15) is 23.1 Å². The molecule has 0 saturated carbocycles. The molecule has 3 rings (SSSR count). The largest absolute Gasteiger partial charge is 0.433 e. The van der Waals surface area contributed by atoms with Crippen LogP contribution >= 0.6 is 11.3 Å². The molecule has 1 aliphatic rings. The Labute approximate surface area is 144 Å². The zero-order valence-corrected chi connectivity index (χ0v) is 14.0. The number of aliphatic hydroxyl groups is 1. The molecule has 1 amide bonds. The van der Waals surface area contributed by atoms with Gasteiger partial charge in [0.1, 0.15) is 5.69 Å². The number of carbonyl (C=O) groups excluding carboxylic acids is 1. The lowest BCUT2D eigenvalue weighted by Gasteiger charge is -2.20. The highest BCUT2D eigenvalue weighted by Gasteiger charge is 2.36. The van der Waals surface area contributed by atoms with E-state index < -0.39 is 23.9 Å². The number of β-amino-alcohol motifs (C(OH)–C–C–N with tert-alkyl or cyclic N) is 1. The van der Waals surface area contributed by atoms with Gasteiger partial charge < -0.3 is 14.7 Å². The molecule has 0 bridgehead atoms.